The van der Waals surface area contributed by atoms with Gasteiger partial charge in [0.1, 0.15) is 11.8 Å². The molecule has 2 aliphatic rings. The highest BCUT2D eigenvalue weighted by Gasteiger charge is 2.27. The fraction of sp³-hybridized carbons (Fsp3) is 0.588. The van der Waals surface area contributed by atoms with Gasteiger partial charge < -0.3 is 14.4 Å². The molecule has 5 rings (SSSR count). The fourth-order valence-electron chi connectivity index (χ4n) is 3.77. The number of rotatable bonds is 4. The minimum absolute atomic E-state index is 0.536. The van der Waals surface area contributed by atoms with Crippen molar-refractivity contribution in [3.05, 3.63) is 24.4 Å². The SMILES string of the molecule is c1nc(N2CCC(Cc3nc(C4CCC4)no3)CC2)c2[nH]cnc2n1. The van der Waals surface area contributed by atoms with Crippen molar-refractivity contribution in [3.8, 4) is 0 Å². The van der Waals surface area contributed by atoms with Crippen LogP contribution in [0.5, 0.6) is 0 Å². The summed E-state index contributed by atoms with van der Waals surface area (Å²) in [5, 5.41) is 4.17. The molecule has 0 spiro atoms. The summed E-state index contributed by atoms with van der Waals surface area (Å²) in [7, 11) is 0. The van der Waals surface area contributed by atoms with Crippen molar-refractivity contribution in [3.63, 3.8) is 0 Å². The molecule has 0 atom stereocenters. The summed E-state index contributed by atoms with van der Waals surface area (Å²) >= 11 is 0. The first-order chi connectivity index (χ1) is 12.4. The van der Waals surface area contributed by atoms with Crippen molar-refractivity contribution < 1.29 is 4.52 Å². The Kier molecular flexibility index (Phi) is 3.61. The van der Waals surface area contributed by atoms with Crippen LogP contribution < -0.4 is 4.90 Å². The standard InChI is InChI=1S/C17H21N7O/c1-2-12(3-1)15-22-13(25-23-15)8-11-4-6-24(7-5-11)17-14-16(19-9-18-14)20-10-21-17/h9-12H,1-8H2,(H,18,19,20,21). The van der Waals surface area contributed by atoms with E-state index in [-0.39, 0.29) is 0 Å². The molecule has 2 fully saturated rings. The number of fused-ring (bicyclic) bond motifs is 1. The minimum Gasteiger partial charge on any atom is -0.355 e. The molecule has 3 aromatic rings. The monoisotopic (exact) mass is 339 g/mol. The van der Waals surface area contributed by atoms with Gasteiger partial charge in [0.25, 0.3) is 0 Å². The molecule has 1 aliphatic carbocycles. The lowest BCUT2D eigenvalue weighted by Gasteiger charge is -2.32. The molecule has 25 heavy (non-hydrogen) atoms. The number of aromatic amines is 1. The van der Waals surface area contributed by atoms with Crippen LogP contribution in [-0.2, 0) is 6.42 Å². The first-order valence-electron chi connectivity index (χ1n) is 9.08. The van der Waals surface area contributed by atoms with E-state index >= 15 is 0 Å². The van der Waals surface area contributed by atoms with Crippen molar-refractivity contribution in [1.29, 1.82) is 0 Å². The molecule has 0 unspecified atom stereocenters. The maximum atomic E-state index is 5.47. The van der Waals surface area contributed by atoms with Gasteiger partial charge in [-0.25, -0.2) is 15.0 Å². The molecule has 1 saturated carbocycles. The number of piperidine rings is 1. The number of nitrogens with zero attached hydrogens (tertiary/aromatic N) is 6. The summed E-state index contributed by atoms with van der Waals surface area (Å²) in [5.41, 5.74) is 1.64. The molecule has 8 nitrogen and oxygen atoms in total. The number of imidazole rings is 1. The Morgan fingerprint density at radius 3 is 2.80 bits per heavy atom. The normalized spacial score (nSPS) is 19.4. The molecule has 8 heteroatoms. The molecule has 3 aromatic heterocycles. The van der Waals surface area contributed by atoms with Crippen LogP contribution in [0.3, 0.4) is 0 Å². The maximum Gasteiger partial charge on any atom is 0.226 e. The molecule has 1 saturated heterocycles. The zero-order valence-electron chi connectivity index (χ0n) is 14.1. The molecule has 4 heterocycles. The predicted octanol–water partition coefficient (Wildman–Crippen LogP) is 2.46. The smallest absolute Gasteiger partial charge is 0.226 e. The third kappa shape index (κ3) is 2.75. The van der Waals surface area contributed by atoms with Crippen molar-refractivity contribution in [2.75, 3.05) is 18.0 Å². The molecular formula is C17H21N7O. The van der Waals surface area contributed by atoms with Gasteiger partial charge >= 0.3 is 0 Å². The Bertz CT molecular complexity index is 861. The lowest BCUT2D eigenvalue weighted by molar-refractivity contribution is 0.316. The van der Waals surface area contributed by atoms with Crippen LogP contribution in [0.25, 0.3) is 11.2 Å². The number of nitrogens with one attached hydrogen (secondary N) is 1. The molecule has 1 aliphatic heterocycles. The van der Waals surface area contributed by atoms with Crippen LogP contribution in [-0.4, -0.2) is 43.2 Å². The van der Waals surface area contributed by atoms with Crippen LogP contribution in [0.4, 0.5) is 5.82 Å². The number of hydrogen-bond donors (Lipinski definition) is 1. The third-order valence-electron chi connectivity index (χ3n) is 5.53. The number of H-pyrrole nitrogens is 1. The van der Waals surface area contributed by atoms with Crippen LogP contribution in [0.15, 0.2) is 17.2 Å². The Morgan fingerprint density at radius 2 is 2.00 bits per heavy atom. The summed E-state index contributed by atoms with van der Waals surface area (Å²) in [5.74, 6) is 3.80. The van der Waals surface area contributed by atoms with Gasteiger partial charge in [-0.2, -0.15) is 4.98 Å². The molecule has 1 N–H and O–H groups in total. The number of hydrogen-bond acceptors (Lipinski definition) is 7. The summed E-state index contributed by atoms with van der Waals surface area (Å²) in [6.45, 7) is 1.94. The second-order valence-corrected chi connectivity index (χ2v) is 7.11. The average molecular weight is 339 g/mol. The van der Waals surface area contributed by atoms with Gasteiger partial charge in [-0.05, 0) is 31.6 Å². The van der Waals surface area contributed by atoms with Crippen LogP contribution >= 0.6 is 0 Å². The second-order valence-electron chi connectivity index (χ2n) is 7.11. The topological polar surface area (TPSA) is 96.6 Å². The van der Waals surface area contributed by atoms with E-state index in [2.05, 4.69) is 35.0 Å². The summed E-state index contributed by atoms with van der Waals surface area (Å²) < 4.78 is 5.47. The van der Waals surface area contributed by atoms with E-state index in [1.807, 2.05) is 0 Å². The van der Waals surface area contributed by atoms with Crippen molar-refractivity contribution >= 4 is 17.0 Å². The van der Waals surface area contributed by atoms with E-state index < -0.39 is 0 Å². The van der Waals surface area contributed by atoms with Gasteiger partial charge in [0.15, 0.2) is 17.3 Å². The van der Waals surface area contributed by atoms with E-state index in [4.69, 9.17) is 4.52 Å². The van der Waals surface area contributed by atoms with Crippen LogP contribution in [0, 0.1) is 5.92 Å². The first kappa shape index (κ1) is 14.8. The number of anilines is 1. The zero-order valence-corrected chi connectivity index (χ0v) is 14.1. The highest BCUT2D eigenvalue weighted by atomic mass is 16.5. The molecule has 0 aromatic carbocycles. The summed E-state index contributed by atoms with van der Waals surface area (Å²) in [6, 6.07) is 0. The summed E-state index contributed by atoms with van der Waals surface area (Å²) in [6.07, 6.45) is 10.0. The van der Waals surface area contributed by atoms with E-state index in [0.29, 0.717) is 11.8 Å². The number of aromatic nitrogens is 6. The molecular weight excluding hydrogens is 318 g/mol. The lowest BCUT2D eigenvalue weighted by atomic mass is 9.85. The van der Waals surface area contributed by atoms with E-state index in [1.165, 1.54) is 19.3 Å². The molecule has 0 bridgehead atoms. The van der Waals surface area contributed by atoms with Crippen molar-refractivity contribution in [1.82, 2.24) is 30.1 Å². The maximum absolute atomic E-state index is 5.47. The Labute approximate surface area is 145 Å². The fourth-order valence-corrected chi connectivity index (χ4v) is 3.77. The predicted molar refractivity (Wildman–Crippen MR) is 91.2 cm³/mol. The Balaban J connectivity index is 1.22. The minimum atomic E-state index is 0.536. The zero-order chi connectivity index (χ0) is 16.6. The lowest BCUT2D eigenvalue weighted by Crippen LogP contribution is -2.35. The Hall–Kier alpha value is -2.51. The van der Waals surface area contributed by atoms with E-state index in [1.54, 1.807) is 12.7 Å². The average Bonchev–Trinajstić information content (AvgIpc) is 3.23. The largest absolute Gasteiger partial charge is 0.355 e. The van der Waals surface area contributed by atoms with Crippen LogP contribution in [0.2, 0.25) is 0 Å². The molecule has 130 valence electrons. The van der Waals surface area contributed by atoms with Gasteiger partial charge in [-0.15, -0.1) is 0 Å². The summed E-state index contributed by atoms with van der Waals surface area (Å²) in [4.78, 5) is 22.9. The second kappa shape index (κ2) is 6.09. The third-order valence-corrected chi connectivity index (χ3v) is 5.53. The van der Waals surface area contributed by atoms with Gasteiger partial charge in [0.2, 0.25) is 5.89 Å². The van der Waals surface area contributed by atoms with Gasteiger partial charge in [-0.1, -0.05) is 11.6 Å². The molecule has 0 amide bonds. The van der Waals surface area contributed by atoms with E-state index in [0.717, 1.165) is 61.0 Å². The molecule has 0 radical (unpaired) electrons. The van der Waals surface area contributed by atoms with Crippen LogP contribution in [0.1, 0.15) is 49.7 Å². The van der Waals surface area contributed by atoms with Crippen molar-refractivity contribution in [2.45, 2.75) is 44.4 Å². The van der Waals surface area contributed by atoms with Gasteiger partial charge in [-0.3, -0.25) is 0 Å². The highest BCUT2D eigenvalue weighted by Crippen LogP contribution is 2.35. The van der Waals surface area contributed by atoms with E-state index in [9.17, 15) is 0 Å². The first-order valence-corrected chi connectivity index (χ1v) is 9.08. The Morgan fingerprint density at radius 1 is 1.12 bits per heavy atom. The van der Waals surface area contributed by atoms with Gasteiger partial charge in [0, 0.05) is 25.4 Å². The van der Waals surface area contributed by atoms with Gasteiger partial charge in [0.05, 0.1) is 6.33 Å². The quantitative estimate of drug-likeness (QED) is 0.780. The highest BCUT2D eigenvalue weighted by molar-refractivity contribution is 5.82. The van der Waals surface area contributed by atoms with Crippen molar-refractivity contribution in [2.24, 2.45) is 5.92 Å².